The van der Waals surface area contributed by atoms with Crippen molar-refractivity contribution in [2.75, 3.05) is 20.8 Å². The summed E-state index contributed by atoms with van der Waals surface area (Å²) in [6.07, 6.45) is 2.38. The van der Waals surface area contributed by atoms with E-state index in [0.29, 0.717) is 12.0 Å². The van der Waals surface area contributed by atoms with Crippen LogP contribution in [0.15, 0.2) is 0 Å². The fourth-order valence-electron chi connectivity index (χ4n) is 2.04. The molecule has 0 bridgehead atoms. The summed E-state index contributed by atoms with van der Waals surface area (Å²) in [5.74, 6) is 0.526. The molecule has 0 aromatic heterocycles. The lowest BCUT2D eigenvalue weighted by molar-refractivity contribution is -0.0165. The Labute approximate surface area is 107 Å². The first-order valence-corrected chi connectivity index (χ1v) is 6.72. The number of hydrogen-bond donors (Lipinski definition) is 1. The van der Waals surface area contributed by atoms with Gasteiger partial charge < -0.3 is 14.8 Å². The Kier molecular flexibility index (Phi) is 8.01. The molecule has 0 saturated carbocycles. The van der Waals surface area contributed by atoms with Crippen molar-refractivity contribution in [3.63, 3.8) is 0 Å². The molecule has 0 saturated heterocycles. The highest BCUT2D eigenvalue weighted by atomic mass is 16.5. The normalized spacial score (nSPS) is 16.2. The van der Waals surface area contributed by atoms with Gasteiger partial charge in [0.2, 0.25) is 0 Å². The first kappa shape index (κ1) is 16.9. The standard InChI is InChI=1S/C14H31NO2/c1-8-17-13(11(2)3)12(15-6)9-10-14(4,5)16-7/h11-13,15H,8-10H2,1-7H3. The second-order valence-electron chi connectivity index (χ2n) is 5.56. The molecular formula is C14H31NO2. The minimum atomic E-state index is -0.0527. The molecule has 0 rings (SSSR count). The third-order valence-electron chi connectivity index (χ3n) is 3.39. The molecule has 0 aromatic rings. The summed E-state index contributed by atoms with van der Waals surface area (Å²) in [5, 5.41) is 3.38. The van der Waals surface area contributed by atoms with E-state index in [1.165, 1.54) is 0 Å². The fraction of sp³-hybridized carbons (Fsp3) is 1.00. The maximum absolute atomic E-state index is 5.85. The Morgan fingerprint density at radius 3 is 2.18 bits per heavy atom. The second-order valence-corrected chi connectivity index (χ2v) is 5.56. The first-order chi connectivity index (χ1) is 7.87. The lowest BCUT2D eigenvalue weighted by Crippen LogP contribution is -2.43. The van der Waals surface area contributed by atoms with Gasteiger partial charge in [-0.05, 0) is 46.6 Å². The minimum Gasteiger partial charge on any atom is -0.379 e. The van der Waals surface area contributed by atoms with Crippen LogP contribution in [0.25, 0.3) is 0 Å². The molecule has 0 aliphatic rings. The largest absolute Gasteiger partial charge is 0.379 e. The van der Waals surface area contributed by atoms with Crippen molar-refractivity contribution in [2.45, 2.75) is 65.2 Å². The van der Waals surface area contributed by atoms with Crippen molar-refractivity contribution in [3.8, 4) is 0 Å². The minimum absolute atomic E-state index is 0.0527. The molecule has 0 aliphatic heterocycles. The zero-order valence-corrected chi connectivity index (χ0v) is 12.7. The lowest BCUT2D eigenvalue weighted by Gasteiger charge is -2.32. The Morgan fingerprint density at radius 2 is 1.82 bits per heavy atom. The van der Waals surface area contributed by atoms with E-state index in [0.717, 1.165) is 19.4 Å². The van der Waals surface area contributed by atoms with Crippen molar-refractivity contribution in [1.82, 2.24) is 5.32 Å². The molecule has 0 aliphatic carbocycles. The molecule has 17 heavy (non-hydrogen) atoms. The molecule has 3 nitrogen and oxygen atoms in total. The number of nitrogens with one attached hydrogen (secondary N) is 1. The number of rotatable bonds is 9. The number of ether oxygens (including phenoxy) is 2. The van der Waals surface area contributed by atoms with Gasteiger partial charge in [0, 0.05) is 19.8 Å². The third kappa shape index (κ3) is 6.39. The molecule has 104 valence electrons. The number of methoxy groups -OCH3 is 1. The van der Waals surface area contributed by atoms with Crippen LogP contribution in [-0.4, -0.2) is 38.5 Å². The van der Waals surface area contributed by atoms with E-state index in [2.05, 4.69) is 39.9 Å². The smallest absolute Gasteiger partial charge is 0.0750 e. The molecule has 0 radical (unpaired) electrons. The van der Waals surface area contributed by atoms with E-state index < -0.39 is 0 Å². The Bertz CT molecular complexity index is 193. The van der Waals surface area contributed by atoms with Crippen LogP contribution in [0.5, 0.6) is 0 Å². The fourth-order valence-corrected chi connectivity index (χ4v) is 2.04. The number of hydrogen-bond acceptors (Lipinski definition) is 3. The zero-order valence-electron chi connectivity index (χ0n) is 12.7. The molecule has 0 spiro atoms. The maximum atomic E-state index is 5.85. The van der Waals surface area contributed by atoms with E-state index in [1.807, 2.05) is 7.05 Å². The zero-order chi connectivity index (χ0) is 13.5. The first-order valence-electron chi connectivity index (χ1n) is 6.72. The van der Waals surface area contributed by atoms with Gasteiger partial charge in [0.05, 0.1) is 11.7 Å². The van der Waals surface area contributed by atoms with Crippen LogP contribution in [0.4, 0.5) is 0 Å². The summed E-state index contributed by atoms with van der Waals surface area (Å²) in [6.45, 7) is 11.5. The lowest BCUT2D eigenvalue weighted by atomic mass is 9.91. The second kappa shape index (κ2) is 8.06. The van der Waals surface area contributed by atoms with Gasteiger partial charge >= 0.3 is 0 Å². The SMILES string of the molecule is CCOC(C(C)C)C(CCC(C)(C)OC)NC. The Balaban J connectivity index is 4.38. The molecule has 0 aromatic carbocycles. The summed E-state index contributed by atoms with van der Waals surface area (Å²) in [4.78, 5) is 0. The summed E-state index contributed by atoms with van der Waals surface area (Å²) in [7, 11) is 3.79. The molecule has 2 unspecified atom stereocenters. The molecule has 0 fully saturated rings. The predicted octanol–water partition coefficient (Wildman–Crippen LogP) is 2.84. The monoisotopic (exact) mass is 245 g/mol. The van der Waals surface area contributed by atoms with Crippen LogP contribution in [0.1, 0.15) is 47.5 Å². The molecular weight excluding hydrogens is 214 g/mol. The van der Waals surface area contributed by atoms with Gasteiger partial charge in [-0.25, -0.2) is 0 Å². The van der Waals surface area contributed by atoms with Gasteiger partial charge in [0.1, 0.15) is 0 Å². The molecule has 3 heteroatoms. The van der Waals surface area contributed by atoms with E-state index in [4.69, 9.17) is 9.47 Å². The van der Waals surface area contributed by atoms with E-state index >= 15 is 0 Å². The van der Waals surface area contributed by atoms with E-state index in [1.54, 1.807) is 7.11 Å². The van der Waals surface area contributed by atoms with E-state index in [-0.39, 0.29) is 11.7 Å². The van der Waals surface area contributed by atoms with Crippen molar-refractivity contribution in [3.05, 3.63) is 0 Å². The summed E-state index contributed by atoms with van der Waals surface area (Å²) in [5.41, 5.74) is -0.0527. The van der Waals surface area contributed by atoms with Crippen LogP contribution in [0.2, 0.25) is 0 Å². The van der Waals surface area contributed by atoms with Crippen LogP contribution >= 0.6 is 0 Å². The summed E-state index contributed by atoms with van der Waals surface area (Å²) in [6, 6.07) is 0.393. The van der Waals surface area contributed by atoms with Crippen LogP contribution in [0, 0.1) is 5.92 Å². The van der Waals surface area contributed by atoms with Crippen molar-refractivity contribution < 1.29 is 9.47 Å². The van der Waals surface area contributed by atoms with Gasteiger partial charge in [0.25, 0.3) is 0 Å². The molecule has 1 N–H and O–H groups in total. The van der Waals surface area contributed by atoms with Crippen molar-refractivity contribution >= 4 is 0 Å². The highest BCUT2D eigenvalue weighted by Gasteiger charge is 2.26. The Hall–Kier alpha value is -0.120. The Morgan fingerprint density at radius 1 is 1.24 bits per heavy atom. The topological polar surface area (TPSA) is 30.5 Å². The quantitative estimate of drug-likeness (QED) is 0.677. The summed E-state index contributed by atoms with van der Waals surface area (Å²) < 4.78 is 11.3. The van der Waals surface area contributed by atoms with Gasteiger partial charge in [0.15, 0.2) is 0 Å². The van der Waals surface area contributed by atoms with Crippen molar-refractivity contribution in [1.29, 1.82) is 0 Å². The van der Waals surface area contributed by atoms with Crippen LogP contribution < -0.4 is 5.32 Å². The van der Waals surface area contributed by atoms with Crippen LogP contribution in [0.3, 0.4) is 0 Å². The molecule has 2 atom stereocenters. The van der Waals surface area contributed by atoms with Gasteiger partial charge in [-0.15, -0.1) is 0 Å². The average Bonchev–Trinajstić information content (AvgIpc) is 2.28. The molecule has 0 heterocycles. The predicted molar refractivity (Wildman–Crippen MR) is 73.4 cm³/mol. The highest BCUT2D eigenvalue weighted by molar-refractivity contribution is 4.81. The highest BCUT2D eigenvalue weighted by Crippen LogP contribution is 2.21. The summed E-state index contributed by atoms with van der Waals surface area (Å²) >= 11 is 0. The third-order valence-corrected chi connectivity index (χ3v) is 3.39. The van der Waals surface area contributed by atoms with Gasteiger partial charge in [-0.1, -0.05) is 13.8 Å². The molecule has 0 amide bonds. The number of likely N-dealkylation sites (N-methyl/N-ethyl adjacent to an activating group) is 1. The van der Waals surface area contributed by atoms with Gasteiger partial charge in [-0.2, -0.15) is 0 Å². The van der Waals surface area contributed by atoms with Crippen LogP contribution in [-0.2, 0) is 9.47 Å². The maximum Gasteiger partial charge on any atom is 0.0750 e. The van der Waals surface area contributed by atoms with Crippen molar-refractivity contribution in [2.24, 2.45) is 5.92 Å². The van der Waals surface area contributed by atoms with Gasteiger partial charge in [-0.3, -0.25) is 0 Å². The van der Waals surface area contributed by atoms with E-state index in [9.17, 15) is 0 Å². The average molecular weight is 245 g/mol.